The summed E-state index contributed by atoms with van der Waals surface area (Å²) in [5.41, 5.74) is 9.75. The Morgan fingerprint density at radius 3 is 2.29 bits per heavy atom. The number of aryl methyl sites for hydroxylation is 1. The van der Waals surface area contributed by atoms with E-state index in [0.717, 1.165) is 11.1 Å². The topological polar surface area (TPSA) is 122 Å². The minimum Gasteiger partial charge on any atom is -0.439 e. The van der Waals surface area contributed by atoms with E-state index in [1.165, 1.54) is 10.2 Å². The van der Waals surface area contributed by atoms with E-state index < -0.39 is 15.9 Å². The number of nitriles is 2. The molecule has 0 fully saturated rings. The molecule has 2 heterocycles. The van der Waals surface area contributed by atoms with Crippen molar-refractivity contribution in [2.45, 2.75) is 17.7 Å². The van der Waals surface area contributed by atoms with E-state index >= 15 is 0 Å². The Labute approximate surface area is 196 Å². The van der Waals surface area contributed by atoms with E-state index in [0.29, 0.717) is 27.8 Å². The van der Waals surface area contributed by atoms with Crippen LogP contribution in [0, 0.1) is 29.6 Å². The Bertz CT molecular complexity index is 1670. The molecule has 1 unspecified atom stereocenters. The highest BCUT2D eigenvalue weighted by Gasteiger charge is 2.33. The smallest absolute Gasteiger partial charge is 0.268 e. The van der Waals surface area contributed by atoms with Gasteiger partial charge in [-0.15, -0.1) is 0 Å². The van der Waals surface area contributed by atoms with Crippen LogP contribution in [0.1, 0.15) is 28.2 Å². The summed E-state index contributed by atoms with van der Waals surface area (Å²) >= 11 is 0. The van der Waals surface area contributed by atoms with Gasteiger partial charge in [0, 0.05) is 17.1 Å². The Morgan fingerprint density at radius 2 is 1.65 bits per heavy atom. The number of nitrogens with zero attached hydrogens (tertiary/aromatic N) is 3. The van der Waals surface area contributed by atoms with E-state index in [2.05, 4.69) is 12.1 Å². The van der Waals surface area contributed by atoms with Gasteiger partial charge in [0.1, 0.15) is 17.4 Å². The summed E-state index contributed by atoms with van der Waals surface area (Å²) in [6, 6.07) is 22.9. The van der Waals surface area contributed by atoms with Gasteiger partial charge in [0.25, 0.3) is 10.0 Å². The summed E-state index contributed by atoms with van der Waals surface area (Å²) in [4.78, 5) is 0.177. The van der Waals surface area contributed by atoms with E-state index in [-0.39, 0.29) is 16.4 Å². The van der Waals surface area contributed by atoms with E-state index in [4.69, 9.17) is 15.7 Å². The van der Waals surface area contributed by atoms with Gasteiger partial charge in [-0.2, -0.15) is 10.5 Å². The minimum atomic E-state index is -3.83. The summed E-state index contributed by atoms with van der Waals surface area (Å²) in [5, 5.41) is 19.5. The van der Waals surface area contributed by atoms with Crippen LogP contribution in [-0.4, -0.2) is 12.4 Å². The van der Waals surface area contributed by atoms with Crippen molar-refractivity contribution in [2.24, 2.45) is 5.73 Å². The Kier molecular flexibility index (Phi) is 4.89. The molecule has 34 heavy (non-hydrogen) atoms. The molecule has 8 heteroatoms. The molecule has 0 amide bonds. The number of hydrogen-bond donors (Lipinski definition) is 1. The molecule has 5 rings (SSSR count). The maximum Gasteiger partial charge on any atom is 0.268 e. The molecule has 0 spiro atoms. The molecule has 1 aliphatic rings. The summed E-state index contributed by atoms with van der Waals surface area (Å²) in [6.45, 7) is 1.89. The third kappa shape index (κ3) is 3.21. The van der Waals surface area contributed by atoms with E-state index in [9.17, 15) is 13.7 Å². The zero-order valence-electron chi connectivity index (χ0n) is 18.1. The fourth-order valence-electron chi connectivity index (χ4n) is 4.24. The third-order valence-corrected chi connectivity index (χ3v) is 7.67. The number of rotatable bonds is 3. The highest BCUT2D eigenvalue weighted by Crippen LogP contribution is 2.45. The maximum absolute atomic E-state index is 13.3. The molecular weight excluding hydrogens is 448 g/mol. The first-order valence-electron chi connectivity index (χ1n) is 10.4. The number of aromatic nitrogens is 1. The van der Waals surface area contributed by atoms with Gasteiger partial charge < -0.3 is 10.5 Å². The van der Waals surface area contributed by atoms with E-state index in [1.54, 1.807) is 66.7 Å². The van der Waals surface area contributed by atoms with Crippen LogP contribution in [-0.2, 0) is 10.0 Å². The summed E-state index contributed by atoms with van der Waals surface area (Å²) < 4.78 is 33.7. The molecule has 7 nitrogen and oxygen atoms in total. The van der Waals surface area contributed by atoms with Crippen molar-refractivity contribution in [3.8, 4) is 17.9 Å². The number of benzene rings is 3. The first-order valence-corrected chi connectivity index (χ1v) is 11.8. The quantitative estimate of drug-likeness (QED) is 0.481. The first kappa shape index (κ1) is 21.3. The SMILES string of the molecule is Cc1ccc(S(=O)(=O)n2ccc3c4c(ccc32)C(c2ccc(C#N)cc2)C(C#N)=C(N)O4)cc1. The highest BCUT2D eigenvalue weighted by atomic mass is 32.2. The van der Waals surface area contributed by atoms with Crippen LogP contribution in [0.25, 0.3) is 10.9 Å². The van der Waals surface area contributed by atoms with Crippen molar-refractivity contribution in [1.82, 2.24) is 3.97 Å². The molecule has 1 aliphatic heterocycles. The standard InChI is InChI=1S/C26H18N4O3S/c1-16-2-8-19(9-3-16)34(31,32)30-13-12-20-23(30)11-10-21-24(18-6-4-17(14-27)5-7-18)22(15-28)26(29)33-25(20)21/h2-13,24H,29H2,1H3. The van der Waals surface area contributed by atoms with Crippen LogP contribution >= 0.6 is 0 Å². The number of nitrogens with two attached hydrogens (primary N) is 1. The molecule has 0 saturated carbocycles. The molecule has 4 aromatic rings. The molecule has 0 saturated heterocycles. The fraction of sp³-hybridized carbons (Fsp3) is 0.0769. The summed E-state index contributed by atoms with van der Waals surface area (Å²) in [5.74, 6) is -0.143. The molecule has 1 aromatic heterocycles. The number of hydrogen-bond acceptors (Lipinski definition) is 6. The van der Waals surface area contributed by atoms with Gasteiger partial charge >= 0.3 is 0 Å². The normalized spacial score (nSPS) is 15.3. The van der Waals surface area contributed by atoms with Crippen LogP contribution in [0.15, 0.2) is 89.3 Å². The molecule has 2 N–H and O–H groups in total. The van der Waals surface area contributed by atoms with Gasteiger partial charge in [0.2, 0.25) is 5.88 Å². The van der Waals surface area contributed by atoms with E-state index in [1.807, 2.05) is 6.92 Å². The van der Waals surface area contributed by atoms with Crippen molar-refractivity contribution in [2.75, 3.05) is 0 Å². The zero-order valence-corrected chi connectivity index (χ0v) is 18.9. The van der Waals surface area contributed by atoms with Crippen molar-refractivity contribution in [1.29, 1.82) is 10.5 Å². The van der Waals surface area contributed by atoms with Crippen molar-refractivity contribution in [3.63, 3.8) is 0 Å². The van der Waals surface area contributed by atoms with Gasteiger partial charge in [-0.3, -0.25) is 0 Å². The van der Waals surface area contributed by atoms with Gasteiger partial charge in [-0.05, 0) is 48.9 Å². The lowest BCUT2D eigenvalue weighted by Crippen LogP contribution is -2.21. The van der Waals surface area contributed by atoms with Crippen LogP contribution < -0.4 is 10.5 Å². The minimum absolute atomic E-state index is 0.0361. The summed E-state index contributed by atoms with van der Waals surface area (Å²) in [6.07, 6.45) is 1.49. The van der Waals surface area contributed by atoms with Gasteiger partial charge in [0.15, 0.2) is 0 Å². The molecular formula is C26H18N4O3S. The predicted molar refractivity (Wildman–Crippen MR) is 126 cm³/mol. The molecule has 1 atom stereocenters. The molecule has 0 bridgehead atoms. The van der Waals surface area contributed by atoms with Crippen LogP contribution in [0.3, 0.4) is 0 Å². The lowest BCUT2D eigenvalue weighted by Gasteiger charge is -2.27. The fourth-order valence-corrected chi connectivity index (χ4v) is 5.58. The van der Waals surface area contributed by atoms with Crippen molar-refractivity contribution < 1.29 is 13.2 Å². The Morgan fingerprint density at radius 1 is 0.941 bits per heavy atom. The predicted octanol–water partition coefficient (Wildman–Crippen LogP) is 4.28. The van der Waals surface area contributed by atoms with Crippen LogP contribution in [0.2, 0.25) is 0 Å². The second kappa shape index (κ2) is 7.80. The Balaban J connectivity index is 1.69. The average Bonchev–Trinajstić information content (AvgIpc) is 3.29. The number of allylic oxidation sites excluding steroid dienone is 1. The number of fused-ring (bicyclic) bond motifs is 3. The molecule has 166 valence electrons. The average molecular weight is 467 g/mol. The van der Waals surface area contributed by atoms with Gasteiger partial charge in [0.05, 0.1) is 28.0 Å². The second-order valence-corrected chi connectivity index (χ2v) is 9.82. The molecule has 0 radical (unpaired) electrons. The monoisotopic (exact) mass is 466 g/mol. The van der Waals surface area contributed by atoms with Crippen molar-refractivity contribution >= 4 is 20.9 Å². The lowest BCUT2D eigenvalue weighted by atomic mass is 9.83. The largest absolute Gasteiger partial charge is 0.439 e. The molecule has 0 aliphatic carbocycles. The third-order valence-electron chi connectivity index (χ3n) is 5.97. The maximum atomic E-state index is 13.3. The summed E-state index contributed by atoms with van der Waals surface area (Å²) in [7, 11) is -3.83. The number of ether oxygens (including phenoxy) is 1. The molecule has 3 aromatic carbocycles. The Hall–Kier alpha value is -4.53. The second-order valence-electron chi connectivity index (χ2n) is 8.00. The van der Waals surface area contributed by atoms with Gasteiger partial charge in [-0.25, -0.2) is 12.4 Å². The van der Waals surface area contributed by atoms with Gasteiger partial charge in [-0.1, -0.05) is 35.9 Å². The highest BCUT2D eigenvalue weighted by molar-refractivity contribution is 7.90. The van der Waals surface area contributed by atoms with Crippen LogP contribution in [0.4, 0.5) is 0 Å². The first-order chi connectivity index (χ1) is 16.3. The van der Waals surface area contributed by atoms with Crippen LogP contribution in [0.5, 0.6) is 5.75 Å². The lowest BCUT2D eigenvalue weighted by molar-refractivity contribution is 0.398. The van der Waals surface area contributed by atoms with Crippen molar-refractivity contribution in [3.05, 3.63) is 107 Å². The zero-order chi connectivity index (χ0) is 24.0.